The van der Waals surface area contributed by atoms with Crippen molar-refractivity contribution in [1.82, 2.24) is 15.2 Å². The summed E-state index contributed by atoms with van der Waals surface area (Å²) in [7, 11) is 0. The van der Waals surface area contributed by atoms with E-state index >= 15 is 0 Å². The van der Waals surface area contributed by atoms with Crippen molar-refractivity contribution in [3.05, 3.63) is 28.4 Å². The van der Waals surface area contributed by atoms with Crippen LogP contribution >= 0.6 is 0 Å². The highest BCUT2D eigenvalue weighted by atomic mass is 16.6. The third-order valence-electron chi connectivity index (χ3n) is 4.46. The number of hydrogen-bond donors (Lipinski definition) is 2. The van der Waals surface area contributed by atoms with Crippen molar-refractivity contribution in [3.63, 3.8) is 0 Å². The van der Waals surface area contributed by atoms with Gasteiger partial charge in [-0.15, -0.1) is 0 Å². The van der Waals surface area contributed by atoms with E-state index in [9.17, 15) is 14.9 Å². The number of carbonyl (C=O) groups excluding carboxylic acids is 1. The summed E-state index contributed by atoms with van der Waals surface area (Å²) in [4.78, 5) is 28.6. The molecule has 124 valence electrons. The lowest BCUT2D eigenvalue weighted by Crippen LogP contribution is -2.42. The molecule has 0 aromatic carbocycles. The summed E-state index contributed by atoms with van der Waals surface area (Å²) in [6.07, 6.45) is 4.13. The summed E-state index contributed by atoms with van der Waals surface area (Å²) in [5.41, 5.74) is -0.0245. The van der Waals surface area contributed by atoms with Crippen LogP contribution in [0.15, 0.2) is 18.3 Å². The van der Waals surface area contributed by atoms with Crippen LogP contribution in [-0.2, 0) is 4.79 Å². The lowest BCUT2D eigenvalue weighted by atomic mass is 9.98. The number of hydrogen-bond acceptors (Lipinski definition) is 6. The van der Waals surface area contributed by atoms with E-state index in [4.69, 9.17) is 0 Å². The van der Waals surface area contributed by atoms with Gasteiger partial charge < -0.3 is 15.5 Å². The first kappa shape index (κ1) is 15.7. The van der Waals surface area contributed by atoms with Crippen molar-refractivity contribution in [1.29, 1.82) is 0 Å². The van der Waals surface area contributed by atoms with E-state index in [0.29, 0.717) is 12.4 Å². The Bertz CT molecular complexity index is 571. The van der Waals surface area contributed by atoms with Gasteiger partial charge in [0, 0.05) is 31.7 Å². The van der Waals surface area contributed by atoms with Crippen molar-refractivity contribution >= 4 is 17.4 Å². The fraction of sp³-hybridized carbons (Fsp3) is 0.600. The fourth-order valence-corrected chi connectivity index (χ4v) is 3.19. The van der Waals surface area contributed by atoms with Crippen molar-refractivity contribution in [2.75, 3.05) is 31.5 Å². The molecule has 8 nitrogen and oxygen atoms in total. The van der Waals surface area contributed by atoms with Crippen LogP contribution in [0.2, 0.25) is 0 Å². The third kappa shape index (κ3) is 3.76. The number of rotatable bonds is 4. The molecule has 2 aliphatic rings. The van der Waals surface area contributed by atoms with Crippen LogP contribution in [0.4, 0.5) is 11.5 Å². The number of aromatic nitrogens is 1. The minimum Gasteiger partial charge on any atom is -0.365 e. The predicted octanol–water partition coefficient (Wildman–Crippen LogP) is 1.00. The molecule has 0 bridgehead atoms. The van der Waals surface area contributed by atoms with Crippen LogP contribution in [0.5, 0.6) is 0 Å². The van der Waals surface area contributed by atoms with Gasteiger partial charge in [-0.25, -0.2) is 4.98 Å². The maximum Gasteiger partial charge on any atom is 0.287 e. The first-order valence-corrected chi connectivity index (χ1v) is 8.00. The minimum absolute atomic E-state index is 0.0245. The second-order valence-corrected chi connectivity index (χ2v) is 6.12. The Hall–Kier alpha value is -2.22. The topological polar surface area (TPSA) is 100 Å². The number of likely N-dealkylation sites (tertiary alicyclic amines) is 1. The molecule has 1 aromatic heterocycles. The number of piperidine rings is 1. The van der Waals surface area contributed by atoms with E-state index in [2.05, 4.69) is 15.6 Å². The molecule has 1 amide bonds. The first-order valence-electron chi connectivity index (χ1n) is 8.00. The second-order valence-electron chi connectivity index (χ2n) is 6.12. The summed E-state index contributed by atoms with van der Waals surface area (Å²) >= 11 is 0. The summed E-state index contributed by atoms with van der Waals surface area (Å²) in [6, 6.07) is 3.18. The van der Waals surface area contributed by atoms with Crippen LogP contribution in [0, 0.1) is 16.0 Å². The Morgan fingerprint density at radius 2 is 2.30 bits per heavy atom. The summed E-state index contributed by atoms with van der Waals surface area (Å²) in [6.45, 7) is 3.19. The zero-order valence-corrected chi connectivity index (χ0v) is 12.9. The molecule has 2 N–H and O–H groups in total. The third-order valence-corrected chi connectivity index (χ3v) is 4.46. The van der Waals surface area contributed by atoms with E-state index in [-0.39, 0.29) is 23.6 Å². The summed E-state index contributed by atoms with van der Waals surface area (Å²) in [5.74, 6) is 0.937. The lowest BCUT2D eigenvalue weighted by molar-refractivity contribution is -0.385. The Morgan fingerprint density at radius 1 is 1.43 bits per heavy atom. The number of pyridine rings is 1. The van der Waals surface area contributed by atoms with E-state index < -0.39 is 4.92 Å². The largest absolute Gasteiger partial charge is 0.365 e. The smallest absolute Gasteiger partial charge is 0.287 e. The van der Waals surface area contributed by atoms with Crippen LogP contribution in [0.3, 0.4) is 0 Å². The Labute approximate surface area is 134 Å². The number of nitrogens with one attached hydrogen (secondary N) is 2. The minimum atomic E-state index is -0.467. The normalized spacial score (nSPS) is 24.4. The average Bonchev–Trinajstić information content (AvgIpc) is 3.04. The maximum absolute atomic E-state index is 12.5. The van der Waals surface area contributed by atoms with E-state index in [0.717, 1.165) is 38.9 Å². The monoisotopic (exact) mass is 319 g/mol. The first-order chi connectivity index (χ1) is 11.1. The van der Waals surface area contributed by atoms with Gasteiger partial charge in [0.05, 0.1) is 10.8 Å². The van der Waals surface area contributed by atoms with Gasteiger partial charge in [-0.1, -0.05) is 0 Å². The molecule has 0 saturated carbocycles. The molecular weight excluding hydrogens is 298 g/mol. The van der Waals surface area contributed by atoms with Crippen molar-refractivity contribution < 1.29 is 9.72 Å². The molecule has 0 aliphatic carbocycles. The molecule has 0 spiro atoms. The van der Waals surface area contributed by atoms with Crippen molar-refractivity contribution in [3.8, 4) is 0 Å². The molecule has 8 heteroatoms. The summed E-state index contributed by atoms with van der Waals surface area (Å²) < 4.78 is 0. The fourth-order valence-electron chi connectivity index (χ4n) is 3.19. The van der Waals surface area contributed by atoms with Crippen LogP contribution in [0.25, 0.3) is 0 Å². The molecule has 2 saturated heterocycles. The highest BCUT2D eigenvalue weighted by Gasteiger charge is 2.31. The Kier molecular flexibility index (Phi) is 4.71. The van der Waals surface area contributed by atoms with Gasteiger partial charge >= 0.3 is 0 Å². The van der Waals surface area contributed by atoms with Crippen LogP contribution in [0.1, 0.15) is 19.3 Å². The van der Waals surface area contributed by atoms with E-state index in [1.165, 1.54) is 12.3 Å². The SMILES string of the molecule is O=C(C1CCCNC1)N1CCC(Nc2ccc([N+](=O)[O-])cn2)C1. The van der Waals surface area contributed by atoms with Gasteiger partial charge in [0.1, 0.15) is 12.0 Å². The second kappa shape index (κ2) is 6.91. The Morgan fingerprint density at radius 3 is 2.96 bits per heavy atom. The highest BCUT2D eigenvalue weighted by molar-refractivity contribution is 5.79. The summed E-state index contributed by atoms with van der Waals surface area (Å²) in [5, 5.41) is 17.1. The number of amides is 1. The van der Waals surface area contributed by atoms with Gasteiger partial charge in [-0.3, -0.25) is 14.9 Å². The average molecular weight is 319 g/mol. The molecule has 2 aliphatic heterocycles. The van der Waals surface area contributed by atoms with Crippen LogP contribution < -0.4 is 10.6 Å². The molecule has 2 atom stereocenters. The van der Waals surface area contributed by atoms with Crippen molar-refractivity contribution in [2.45, 2.75) is 25.3 Å². The van der Waals surface area contributed by atoms with Crippen molar-refractivity contribution in [2.24, 2.45) is 5.92 Å². The molecular formula is C15H21N5O3. The standard InChI is InChI=1S/C15H21N5O3/c21-15(11-2-1-6-16-8-11)19-7-5-12(10-19)18-14-4-3-13(9-17-14)20(22)23/h3-4,9,11-12,16H,1-2,5-8,10H2,(H,17,18). The maximum atomic E-state index is 12.5. The zero-order chi connectivity index (χ0) is 16.2. The van der Waals surface area contributed by atoms with E-state index in [1.807, 2.05) is 4.90 Å². The molecule has 2 fully saturated rings. The number of nitro groups is 1. The lowest BCUT2D eigenvalue weighted by Gasteiger charge is -2.27. The predicted molar refractivity (Wildman–Crippen MR) is 85.1 cm³/mol. The molecule has 23 heavy (non-hydrogen) atoms. The molecule has 1 aromatic rings. The van der Waals surface area contributed by atoms with Gasteiger partial charge in [0.15, 0.2) is 0 Å². The highest BCUT2D eigenvalue weighted by Crippen LogP contribution is 2.20. The number of anilines is 1. The molecule has 2 unspecified atom stereocenters. The molecule has 0 radical (unpaired) electrons. The van der Waals surface area contributed by atoms with Gasteiger partial charge in [0.25, 0.3) is 5.69 Å². The number of carbonyl (C=O) groups is 1. The zero-order valence-electron chi connectivity index (χ0n) is 12.9. The van der Waals surface area contributed by atoms with Gasteiger partial charge in [-0.2, -0.15) is 0 Å². The van der Waals surface area contributed by atoms with E-state index in [1.54, 1.807) is 6.07 Å². The number of nitrogens with zero attached hydrogens (tertiary/aromatic N) is 3. The van der Waals surface area contributed by atoms with Crippen LogP contribution in [-0.4, -0.2) is 52.9 Å². The molecule has 3 rings (SSSR count). The Balaban J connectivity index is 1.53. The quantitative estimate of drug-likeness (QED) is 0.634. The van der Waals surface area contributed by atoms with Gasteiger partial charge in [0.2, 0.25) is 5.91 Å². The molecule has 3 heterocycles. The van der Waals surface area contributed by atoms with Gasteiger partial charge in [-0.05, 0) is 31.9 Å².